The van der Waals surface area contributed by atoms with Crippen LogP contribution in [0.3, 0.4) is 0 Å². The van der Waals surface area contributed by atoms with E-state index in [0.717, 1.165) is 16.3 Å². The van der Waals surface area contributed by atoms with Crippen molar-refractivity contribution >= 4 is 16.6 Å². The number of hydrogen-bond donors (Lipinski definition) is 2. The highest BCUT2D eigenvalue weighted by molar-refractivity contribution is 5.93. The van der Waals surface area contributed by atoms with E-state index < -0.39 is 0 Å². The molecule has 2 aromatic carbocycles. The number of carbonyl (C=O) groups excluding carboxylic acids is 1. The summed E-state index contributed by atoms with van der Waals surface area (Å²) in [6.45, 7) is 0.520. The molecule has 0 amide bonds. The summed E-state index contributed by atoms with van der Waals surface area (Å²) in [6.07, 6.45) is 0.566. The summed E-state index contributed by atoms with van der Waals surface area (Å²) in [5, 5.41) is 14.8. The van der Waals surface area contributed by atoms with Gasteiger partial charge in [0.15, 0.2) is 5.78 Å². The quantitative estimate of drug-likeness (QED) is 0.877. The molecule has 1 heterocycles. The number of nitrogens with one attached hydrogen (secondary N) is 1. The highest BCUT2D eigenvalue weighted by Crippen LogP contribution is 2.20. The van der Waals surface area contributed by atoms with E-state index in [2.05, 4.69) is 23.5 Å². The number of Topliss-reactive ketones (excluding diaryl/α,β-unsaturated/α-hetero) is 1. The molecular formula is C16H17NO2. The minimum Gasteiger partial charge on any atom is -0.392 e. The highest BCUT2D eigenvalue weighted by Gasteiger charge is 2.27. The second-order valence-electron chi connectivity index (χ2n) is 5.13. The second kappa shape index (κ2) is 5.11. The van der Waals surface area contributed by atoms with Gasteiger partial charge in [-0.1, -0.05) is 42.5 Å². The van der Waals surface area contributed by atoms with Crippen LogP contribution < -0.4 is 5.32 Å². The standard InChI is InChI=1S/C16H17NO2/c18-13-9-15(17-10-13)16(19)8-12-6-3-5-11-4-1-2-7-14(11)12/h1-7,13,15,17-18H,8-10H2/t13-,15+/m1/s1. The Morgan fingerprint density at radius 3 is 2.79 bits per heavy atom. The normalized spacial score (nSPS) is 22.8. The predicted octanol–water partition coefficient (Wildman–Crippen LogP) is 1.67. The Kier molecular flexibility index (Phi) is 3.32. The smallest absolute Gasteiger partial charge is 0.154 e. The van der Waals surface area contributed by atoms with E-state index in [4.69, 9.17) is 0 Å². The van der Waals surface area contributed by atoms with Crippen LogP contribution in [0.15, 0.2) is 42.5 Å². The Morgan fingerprint density at radius 1 is 1.21 bits per heavy atom. The lowest BCUT2D eigenvalue weighted by Crippen LogP contribution is -2.31. The molecule has 0 unspecified atom stereocenters. The third-order valence-electron chi connectivity index (χ3n) is 3.74. The van der Waals surface area contributed by atoms with Gasteiger partial charge in [-0.05, 0) is 22.8 Å². The summed E-state index contributed by atoms with van der Waals surface area (Å²) in [7, 11) is 0. The molecule has 2 atom stereocenters. The molecule has 0 radical (unpaired) electrons. The molecule has 1 saturated heterocycles. The predicted molar refractivity (Wildman–Crippen MR) is 75.1 cm³/mol. The van der Waals surface area contributed by atoms with Gasteiger partial charge in [-0.25, -0.2) is 0 Å². The van der Waals surface area contributed by atoms with Crippen LogP contribution in [-0.2, 0) is 11.2 Å². The van der Waals surface area contributed by atoms with Gasteiger partial charge in [0, 0.05) is 13.0 Å². The molecule has 3 rings (SSSR count). The van der Waals surface area contributed by atoms with Crippen molar-refractivity contribution in [1.82, 2.24) is 5.32 Å². The van der Waals surface area contributed by atoms with Crippen molar-refractivity contribution in [2.45, 2.75) is 25.0 Å². The molecule has 3 nitrogen and oxygen atoms in total. The molecule has 0 aliphatic carbocycles. The first-order valence-electron chi connectivity index (χ1n) is 6.65. The van der Waals surface area contributed by atoms with Crippen LogP contribution in [0, 0.1) is 0 Å². The van der Waals surface area contributed by atoms with Gasteiger partial charge >= 0.3 is 0 Å². The van der Waals surface area contributed by atoms with Crippen molar-refractivity contribution in [3.05, 3.63) is 48.0 Å². The van der Waals surface area contributed by atoms with E-state index in [1.807, 2.05) is 24.3 Å². The van der Waals surface area contributed by atoms with E-state index in [9.17, 15) is 9.90 Å². The second-order valence-corrected chi connectivity index (χ2v) is 5.13. The minimum absolute atomic E-state index is 0.160. The first kappa shape index (κ1) is 12.3. The maximum atomic E-state index is 12.2. The fourth-order valence-corrected chi connectivity index (χ4v) is 2.72. The monoisotopic (exact) mass is 255 g/mol. The lowest BCUT2D eigenvalue weighted by molar-refractivity contribution is -0.120. The van der Waals surface area contributed by atoms with E-state index in [1.165, 1.54) is 0 Å². The summed E-state index contributed by atoms with van der Waals surface area (Å²) in [5.41, 5.74) is 1.06. The van der Waals surface area contributed by atoms with Crippen LogP contribution in [0.25, 0.3) is 10.8 Å². The Bertz CT molecular complexity index is 603. The summed E-state index contributed by atoms with van der Waals surface area (Å²) in [5.74, 6) is 0.160. The molecule has 98 valence electrons. The number of carbonyl (C=O) groups is 1. The number of ketones is 1. The average molecular weight is 255 g/mol. The van der Waals surface area contributed by atoms with Crippen molar-refractivity contribution in [3.63, 3.8) is 0 Å². The zero-order chi connectivity index (χ0) is 13.2. The number of β-amino-alcohol motifs (C(OH)–C–C–N with tert-alkyl or cyclic N) is 1. The Labute approximate surface area is 112 Å². The fourth-order valence-electron chi connectivity index (χ4n) is 2.72. The van der Waals surface area contributed by atoms with Gasteiger partial charge in [-0.2, -0.15) is 0 Å². The van der Waals surface area contributed by atoms with Gasteiger partial charge in [0.1, 0.15) is 0 Å². The Morgan fingerprint density at radius 2 is 2.00 bits per heavy atom. The topological polar surface area (TPSA) is 49.3 Å². The maximum absolute atomic E-state index is 12.2. The minimum atomic E-state index is -0.388. The highest BCUT2D eigenvalue weighted by atomic mass is 16.3. The van der Waals surface area contributed by atoms with Crippen LogP contribution in [0.4, 0.5) is 0 Å². The van der Waals surface area contributed by atoms with Gasteiger partial charge in [0.25, 0.3) is 0 Å². The van der Waals surface area contributed by atoms with Crippen LogP contribution in [0.5, 0.6) is 0 Å². The van der Waals surface area contributed by atoms with Crippen molar-refractivity contribution < 1.29 is 9.90 Å². The summed E-state index contributed by atoms with van der Waals surface area (Å²) in [4.78, 5) is 12.2. The third-order valence-corrected chi connectivity index (χ3v) is 3.74. The summed E-state index contributed by atoms with van der Waals surface area (Å²) >= 11 is 0. The first-order chi connectivity index (χ1) is 9.24. The largest absolute Gasteiger partial charge is 0.392 e. The summed E-state index contributed by atoms with van der Waals surface area (Å²) < 4.78 is 0. The lowest BCUT2D eigenvalue weighted by Gasteiger charge is -2.10. The zero-order valence-corrected chi connectivity index (χ0v) is 10.7. The van der Waals surface area contributed by atoms with E-state index in [0.29, 0.717) is 19.4 Å². The van der Waals surface area contributed by atoms with Gasteiger partial charge in [0.2, 0.25) is 0 Å². The number of rotatable bonds is 3. The molecule has 1 aliphatic heterocycles. The molecule has 0 bridgehead atoms. The molecule has 0 aromatic heterocycles. The number of fused-ring (bicyclic) bond motifs is 1. The van der Waals surface area contributed by atoms with Crippen molar-refractivity contribution in [2.24, 2.45) is 0 Å². The molecular weight excluding hydrogens is 238 g/mol. The number of benzene rings is 2. The van der Waals surface area contributed by atoms with Crippen molar-refractivity contribution in [1.29, 1.82) is 0 Å². The SMILES string of the molecule is O=C(Cc1cccc2ccccc12)[C@@H]1C[C@@H](O)CN1. The molecule has 1 aliphatic rings. The van der Waals surface area contributed by atoms with Crippen LogP contribution in [0.2, 0.25) is 0 Å². The van der Waals surface area contributed by atoms with Crippen LogP contribution in [0.1, 0.15) is 12.0 Å². The van der Waals surface area contributed by atoms with Gasteiger partial charge < -0.3 is 10.4 Å². The van der Waals surface area contributed by atoms with Crippen LogP contribution in [-0.4, -0.2) is 29.6 Å². The Balaban J connectivity index is 1.83. The van der Waals surface area contributed by atoms with Crippen molar-refractivity contribution in [3.8, 4) is 0 Å². The van der Waals surface area contributed by atoms with E-state index >= 15 is 0 Å². The van der Waals surface area contributed by atoms with Gasteiger partial charge in [-0.3, -0.25) is 4.79 Å². The van der Waals surface area contributed by atoms with Crippen LogP contribution >= 0.6 is 0 Å². The fraction of sp³-hybridized carbons (Fsp3) is 0.312. The molecule has 2 aromatic rings. The summed E-state index contributed by atoms with van der Waals surface area (Å²) in [6, 6.07) is 14.0. The molecule has 3 heteroatoms. The zero-order valence-electron chi connectivity index (χ0n) is 10.7. The molecule has 0 spiro atoms. The molecule has 2 N–H and O–H groups in total. The third kappa shape index (κ3) is 2.53. The molecule has 19 heavy (non-hydrogen) atoms. The molecule has 0 saturated carbocycles. The molecule has 1 fully saturated rings. The van der Waals surface area contributed by atoms with Crippen molar-refractivity contribution in [2.75, 3.05) is 6.54 Å². The van der Waals surface area contributed by atoms with Gasteiger partial charge in [0.05, 0.1) is 12.1 Å². The number of aliphatic hydroxyl groups excluding tert-OH is 1. The number of aliphatic hydroxyl groups is 1. The van der Waals surface area contributed by atoms with Gasteiger partial charge in [-0.15, -0.1) is 0 Å². The average Bonchev–Trinajstić information content (AvgIpc) is 2.86. The maximum Gasteiger partial charge on any atom is 0.154 e. The van der Waals surface area contributed by atoms with E-state index in [-0.39, 0.29) is 17.9 Å². The first-order valence-corrected chi connectivity index (χ1v) is 6.65. The number of hydrogen-bond acceptors (Lipinski definition) is 3. The Hall–Kier alpha value is -1.71. The van der Waals surface area contributed by atoms with E-state index in [1.54, 1.807) is 0 Å². The lowest BCUT2D eigenvalue weighted by atomic mass is 9.97.